The second-order valence-corrected chi connectivity index (χ2v) is 7.18. The minimum absolute atomic E-state index is 0.0233. The van der Waals surface area contributed by atoms with E-state index in [2.05, 4.69) is 25.7 Å². The summed E-state index contributed by atoms with van der Waals surface area (Å²) in [5, 5.41) is -0.255. The van der Waals surface area contributed by atoms with E-state index in [9.17, 15) is 18.0 Å². The Hall–Kier alpha value is -2.23. The summed E-state index contributed by atoms with van der Waals surface area (Å²) in [7, 11) is 0. The Morgan fingerprint density at radius 1 is 1.14 bits per heavy atom. The van der Waals surface area contributed by atoms with Crippen LogP contribution in [0.5, 0.6) is 17.5 Å². The lowest BCUT2D eigenvalue weighted by molar-refractivity contribution is -0.274. The third-order valence-corrected chi connectivity index (χ3v) is 4.56. The van der Waals surface area contributed by atoms with Gasteiger partial charge in [-0.2, -0.15) is 4.98 Å². The second-order valence-electron chi connectivity index (χ2n) is 5.64. The molecule has 29 heavy (non-hydrogen) atoms. The third kappa shape index (κ3) is 5.65. The molecule has 0 radical (unpaired) electrons. The highest BCUT2D eigenvalue weighted by Crippen LogP contribution is 2.32. The van der Waals surface area contributed by atoms with Crippen LogP contribution in [0.1, 0.15) is 16.1 Å². The normalized spacial score (nSPS) is 11.4. The van der Waals surface area contributed by atoms with Gasteiger partial charge >= 0.3 is 12.4 Å². The van der Waals surface area contributed by atoms with E-state index in [0.717, 1.165) is 17.7 Å². The van der Waals surface area contributed by atoms with Gasteiger partial charge in [-0.05, 0) is 57.4 Å². The van der Waals surface area contributed by atoms with Crippen molar-refractivity contribution in [1.29, 1.82) is 0 Å². The van der Waals surface area contributed by atoms with E-state index in [1.807, 2.05) is 0 Å². The topological polar surface area (TPSA) is 53.4 Å². The monoisotopic (exact) mass is 508 g/mol. The maximum absolute atomic E-state index is 12.4. The molecule has 3 rings (SSSR count). The molecule has 1 heterocycles. The number of halogens is 6. The van der Waals surface area contributed by atoms with Crippen molar-refractivity contribution in [3.8, 4) is 17.5 Å². The Bertz CT molecular complexity index is 1040. The van der Waals surface area contributed by atoms with Crippen LogP contribution in [0, 0.1) is 0 Å². The van der Waals surface area contributed by atoms with Gasteiger partial charge in [0, 0.05) is 11.1 Å². The minimum Gasteiger partial charge on any atom is -0.425 e. The molecule has 0 unspecified atom stereocenters. The van der Waals surface area contributed by atoms with Crippen LogP contribution < -0.4 is 9.47 Å². The summed E-state index contributed by atoms with van der Waals surface area (Å²) in [5.41, 5.74) is 0.789. The highest BCUT2D eigenvalue weighted by Gasteiger charge is 2.31. The number of imidazole rings is 1. The number of carbonyl (C=O) groups is 1. The van der Waals surface area contributed by atoms with Crippen molar-refractivity contribution in [2.24, 2.45) is 0 Å². The summed E-state index contributed by atoms with van der Waals surface area (Å²) in [6, 6.07) is 11.7. The van der Waals surface area contributed by atoms with Gasteiger partial charge in [0.1, 0.15) is 21.8 Å². The quantitative estimate of drug-likeness (QED) is 0.360. The van der Waals surface area contributed by atoms with Crippen LogP contribution in [0.3, 0.4) is 0 Å². The van der Waals surface area contributed by atoms with Crippen LogP contribution in [0.4, 0.5) is 13.2 Å². The van der Waals surface area contributed by atoms with Crippen LogP contribution >= 0.6 is 39.1 Å². The molecule has 0 saturated carbocycles. The van der Waals surface area contributed by atoms with Crippen molar-refractivity contribution >= 4 is 44.4 Å². The standard InChI is InChI=1S/C18H10BrCl2F3N2O3/c19-15-14(16(21)27)26(9-10-4-6-11(20)7-5-10)17(25-15)28-12-2-1-3-13(8-12)29-18(22,23)24/h1-8H,9H2. The molecule has 0 bridgehead atoms. The molecule has 0 aliphatic rings. The molecule has 5 nitrogen and oxygen atoms in total. The first-order chi connectivity index (χ1) is 13.6. The van der Waals surface area contributed by atoms with Crippen molar-refractivity contribution in [3.05, 3.63) is 69.4 Å². The first-order valence-corrected chi connectivity index (χ1v) is 9.41. The van der Waals surface area contributed by atoms with E-state index < -0.39 is 17.4 Å². The number of rotatable bonds is 6. The molecule has 0 spiro atoms. The summed E-state index contributed by atoms with van der Waals surface area (Å²) in [4.78, 5) is 16.0. The average Bonchev–Trinajstić information content (AvgIpc) is 2.91. The molecule has 3 aromatic rings. The summed E-state index contributed by atoms with van der Waals surface area (Å²) in [5.74, 6) is -0.436. The summed E-state index contributed by atoms with van der Waals surface area (Å²) in [6.07, 6.45) is -4.84. The van der Waals surface area contributed by atoms with E-state index >= 15 is 0 Å². The van der Waals surface area contributed by atoms with Crippen LogP contribution in [-0.2, 0) is 6.54 Å². The molecule has 0 amide bonds. The summed E-state index contributed by atoms with van der Waals surface area (Å²) >= 11 is 14.7. The Balaban J connectivity index is 1.95. The van der Waals surface area contributed by atoms with E-state index in [1.54, 1.807) is 24.3 Å². The molecule has 0 fully saturated rings. The van der Waals surface area contributed by atoms with Crippen LogP contribution in [0.25, 0.3) is 0 Å². The van der Waals surface area contributed by atoms with Gasteiger partial charge in [-0.3, -0.25) is 9.36 Å². The largest absolute Gasteiger partial charge is 0.573 e. The van der Waals surface area contributed by atoms with Gasteiger partial charge in [0.05, 0.1) is 6.54 Å². The Labute approximate surface area is 181 Å². The molecule has 11 heteroatoms. The van der Waals surface area contributed by atoms with Gasteiger partial charge in [0.15, 0.2) is 0 Å². The predicted octanol–water partition coefficient (Wildman–Crippen LogP) is 6.42. The van der Waals surface area contributed by atoms with E-state index in [0.29, 0.717) is 5.02 Å². The lowest BCUT2D eigenvalue weighted by atomic mass is 10.2. The molecule has 0 aliphatic carbocycles. The molecule has 152 valence electrons. The fraction of sp³-hybridized carbons (Fsp3) is 0.111. The fourth-order valence-electron chi connectivity index (χ4n) is 2.43. The SMILES string of the molecule is O=C(Cl)c1c(Br)nc(Oc2cccc(OC(F)(F)F)c2)n1Cc1ccc(Cl)cc1. The zero-order valence-electron chi connectivity index (χ0n) is 14.2. The first kappa shape index (κ1) is 21.5. The third-order valence-electron chi connectivity index (χ3n) is 3.58. The highest BCUT2D eigenvalue weighted by atomic mass is 79.9. The Kier molecular flexibility index (Phi) is 6.40. The molecular formula is C18H10BrCl2F3N2O3. The van der Waals surface area contributed by atoms with Crippen molar-refractivity contribution in [3.63, 3.8) is 0 Å². The molecule has 0 N–H and O–H groups in total. The van der Waals surface area contributed by atoms with Crippen molar-refractivity contribution in [2.75, 3.05) is 0 Å². The lowest BCUT2D eigenvalue weighted by Crippen LogP contribution is -2.17. The average molecular weight is 510 g/mol. The molecule has 0 atom stereocenters. The number of hydrogen-bond donors (Lipinski definition) is 0. The summed E-state index contributed by atoms with van der Waals surface area (Å²) in [6.45, 7) is 0.150. The van der Waals surface area contributed by atoms with Gasteiger partial charge in [-0.15, -0.1) is 13.2 Å². The van der Waals surface area contributed by atoms with Crippen LogP contribution in [-0.4, -0.2) is 21.2 Å². The molecule has 2 aromatic carbocycles. The predicted molar refractivity (Wildman–Crippen MR) is 104 cm³/mol. The van der Waals surface area contributed by atoms with E-state index in [-0.39, 0.29) is 28.6 Å². The van der Waals surface area contributed by atoms with Gasteiger partial charge in [-0.25, -0.2) is 0 Å². The molecular weight excluding hydrogens is 500 g/mol. The van der Waals surface area contributed by atoms with Crippen molar-refractivity contribution < 1.29 is 27.4 Å². The lowest BCUT2D eigenvalue weighted by Gasteiger charge is -2.12. The van der Waals surface area contributed by atoms with E-state index in [1.165, 1.54) is 16.7 Å². The highest BCUT2D eigenvalue weighted by molar-refractivity contribution is 9.10. The van der Waals surface area contributed by atoms with Gasteiger partial charge < -0.3 is 9.47 Å². The van der Waals surface area contributed by atoms with Crippen molar-refractivity contribution in [1.82, 2.24) is 9.55 Å². The number of ether oxygens (including phenoxy) is 2. The maximum Gasteiger partial charge on any atom is 0.573 e. The van der Waals surface area contributed by atoms with Gasteiger partial charge in [0.25, 0.3) is 5.24 Å². The number of benzene rings is 2. The van der Waals surface area contributed by atoms with Gasteiger partial charge in [0.2, 0.25) is 0 Å². The number of hydrogen-bond acceptors (Lipinski definition) is 4. The van der Waals surface area contributed by atoms with Gasteiger partial charge in [-0.1, -0.05) is 29.8 Å². The van der Waals surface area contributed by atoms with Crippen molar-refractivity contribution in [2.45, 2.75) is 12.9 Å². The second kappa shape index (κ2) is 8.64. The molecule has 0 aliphatic heterocycles. The zero-order valence-corrected chi connectivity index (χ0v) is 17.3. The zero-order chi connectivity index (χ0) is 21.2. The first-order valence-electron chi connectivity index (χ1n) is 7.86. The minimum atomic E-state index is -4.84. The van der Waals surface area contributed by atoms with Crippen LogP contribution in [0.15, 0.2) is 53.1 Å². The maximum atomic E-state index is 12.4. The number of aromatic nitrogens is 2. The summed E-state index contributed by atoms with van der Waals surface area (Å²) < 4.78 is 48.3. The number of alkyl halides is 3. The smallest absolute Gasteiger partial charge is 0.425 e. The van der Waals surface area contributed by atoms with Crippen LogP contribution in [0.2, 0.25) is 5.02 Å². The molecule has 0 saturated heterocycles. The Morgan fingerprint density at radius 3 is 2.41 bits per heavy atom. The number of nitrogens with zero attached hydrogens (tertiary/aromatic N) is 2. The number of carbonyl (C=O) groups excluding carboxylic acids is 1. The Morgan fingerprint density at radius 2 is 1.79 bits per heavy atom. The van der Waals surface area contributed by atoms with E-state index in [4.69, 9.17) is 27.9 Å². The molecule has 1 aromatic heterocycles. The fourth-order valence-corrected chi connectivity index (χ4v) is 3.41.